The van der Waals surface area contributed by atoms with Gasteiger partial charge in [-0.2, -0.15) is 4.31 Å². The highest BCUT2D eigenvalue weighted by Gasteiger charge is 2.26. The second-order valence-electron chi connectivity index (χ2n) is 8.73. The fraction of sp³-hybridized carbons (Fsp3) is 0.321. The number of carbonyl (C=O) groups is 1. The molecule has 0 N–H and O–H groups in total. The monoisotopic (exact) mass is 584 g/mol. The summed E-state index contributed by atoms with van der Waals surface area (Å²) in [7, 11) is -0.785. The first-order valence-corrected chi connectivity index (χ1v) is 14.9. The lowest BCUT2D eigenvalue weighted by Gasteiger charge is -2.22. The summed E-state index contributed by atoms with van der Waals surface area (Å²) in [6.45, 7) is 3.57. The van der Waals surface area contributed by atoms with E-state index in [9.17, 15) is 13.2 Å². The maximum Gasteiger partial charge on any atom is 0.260 e. The van der Waals surface area contributed by atoms with Crippen LogP contribution in [0.5, 0.6) is 5.75 Å². The van der Waals surface area contributed by atoms with Crippen molar-refractivity contribution in [1.82, 2.24) is 14.3 Å². The smallest absolute Gasteiger partial charge is 0.260 e. The number of anilines is 1. The van der Waals surface area contributed by atoms with Gasteiger partial charge in [0.25, 0.3) is 5.91 Å². The number of hydrogen-bond acceptors (Lipinski definition) is 9. The number of thiazole rings is 1. The fourth-order valence-electron chi connectivity index (χ4n) is 3.98. The van der Waals surface area contributed by atoms with Crippen LogP contribution in [-0.4, -0.2) is 75.7 Å². The molecular weight excluding hydrogens is 552 g/mol. The minimum absolute atomic E-state index is 0.0820. The summed E-state index contributed by atoms with van der Waals surface area (Å²) >= 11 is 1.38. The van der Waals surface area contributed by atoms with E-state index in [0.29, 0.717) is 17.3 Å². The molecule has 0 saturated heterocycles. The zero-order valence-corrected chi connectivity index (χ0v) is 24.3. The number of carbonyl (C=O) groups excluding carboxylic acids is 1. The van der Waals surface area contributed by atoms with Crippen LogP contribution >= 0.6 is 11.3 Å². The van der Waals surface area contributed by atoms with E-state index >= 15 is 0 Å². The first kappa shape index (κ1) is 29.6. The molecule has 2 aromatic heterocycles. The van der Waals surface area contributed by atoms with Gasteiger partial charge in [0.1, 0.15) is 5.75 Å². The quantitative estimate of drug-likeness (QED) is 0.217. The highest BCUT2D eigenvalue weighted by atomic mass is 32.2. The van der Waals surface area contributed by atoms with E-state index in [1.807, 2.05) is 37.3 Å². The molecule has 0 spiro atoms. The van der Waals surface area contributed by atoms with Crippen molar-refractivity contribution in [2.45, 2.75) is 18.4 Å². The molecule has 2 heterocycles. The van der Waals surface area contributed by atoms with E-state index in [2.05, 4.69) is 4.98 Å². The summed E-state index contributed by atoms with van der Waals surface area (Å²) in [6.07, 6.45) is 3.37. The Labute approximate surface area is 238 Å². The molecule has 0 aliphatic carbocycles. The van der Waals surface area contributed by atoms with E-state index in [4.69, 9.17) is 19.2 Å². The molecule has 0 radical (unpaired) electrons. The number of amides is 1. The Morgan fingerprint density at radius 2 is 1.73 bits per heavy atom. The van der Waals surface area contributed by atoms with Gasteiger partial charge in [0.05, 0.1) is 41.5 Å². The molecule has 0 bridgehead atoms. The molecule has 4 aromatic rings. The van der Waals surface area contributed by atoms with Crippen LogP contribution in [-0.2, 0) is 26.0 Å². The molecule has 0 saturated carbocycles. The van der Waals surface area contributed by atoms with Gasteiger partial charge in [-0.25, -0.2) is 13.4 Å². The van der Waals surface area contributed by atoms with Crippen molar-refractivity contribution < 1.29 is 27.4 Å². The Kier molecular flexibility index (Phi) is 10.2. The normalized spacial score (nSPS) is 11.7. The number of aromatic nitrogens is 2. The summed E-state index contributed by atoms with van der Waals surface area (Å²) in [5.74, 6) is 0.421. The third-order valence-electron chi connectivity index (χ3n) is 6.03. The van der Waals surface area contributed by atoms with Gasteiger partial charge in [0.15, 0.2) is 5.13 Å². The molecular formula is C28H32N4O6S2. The van der Waals surface area contributed by atoms with E-state index in [1.165, 1.54) is 54.1 Å². The minimum Gasteiger partial charge on any atom is -0.494 e. The SMILES string of the molecule is CCOc1ccc2nc(N(Cc3cccnc3)C(=O)c3ccc(S(=O)(=O)N(CCOC)CCOC)cc3)sc2c1. The van der Waals surface area contributed by atoms with Crippen molar-refractivity contribution in [3.05, 3.63) is 78.1 Å². The lowest BCUT2D eigenvalue weighted by molar-refractivity contribution is 0.0985. The summed E-state index contributed by atoms with van der Waals surface area (Å²) < 4.78 is 44.5. The highest BCUT2D eigenvalue weighted by Crippen LogP contribution is 2.33. The van der Waals surface area contributed by atoms with Gasteiger partial charge in [-0.3, -0.25) is 14.7 Å². The number of sulfonamides is 1. The van der Waals surface area contributed by atoms with E-state index in [0.717, 1.165) is 21.5 Å². The lowest BCUT2D eigenvalue weighted by atomic mass is 10.2. The van der Waals surface area contributed by atoms with Gasteiger partial charge in [-0.05, 0) is 61.0 Å². The largest absolute Gasteiger partial charge is 0.494 e. The molecule has 12 heteroatoms. The van der Waals surface area contributed by atoms with Gasteiger partial charge in [-0.15, -0.1) is 0 Å². The Bertz CT molecular complexity index is 1500. The topological polar surface area (TPSA) is 111 Å². The van der Waals surface area contributed by atoms with Gasteiger partial charge in [0.2, 0.25) is 10.0 Å². The summed E-state index contributed by atoms with van der Waals surface area (Å²) in [5.41, 5.74) is 1.91. The summed E-state index contributed by atoms with van der Waals surface area (Å²) in [6, 6.07) is 15.3. The molecule has 0 fully saturated rings. The standard InChI is InChI=1S/C28H32N4O6S2/c1-4-38-23-9-12-25-26(18-23)39-28(30-25)32(20-21-6-5-13-29-19-21)27(33)22-7-10-24(11-8-22)40(34,35)31(14-16-36-2)15-17-37-3/h5-13,18-19H,4,14-17,20H2,1-3H3. The number of pyridine rings is 1. The number of ether oxygens (including phenoxy) is 3. The lowest BCUT2D eigenvalue weighted by Crippen LogP contribution is -2.36. The number of hydrogen-bond donors (Lipinski definition) is 0. The molecule has 212 valence electrons. The minimum atomic E-state index is -3.82. The average Bonchev–Trinajstić information content (AvgIpc) is 3.39. The van der Waals surface area contributed by atoms with Gasteiger partial charge in [0, 0.05) is 45.3 Å². The molecule has 0 atom stereocenters. The molecule has 10 nitrogen and oxygen atoms in total. The second kappa shape index (κ2) is 13.8. The molecule has 4 rings (SSSR count). The number of methoxy groups -OCH3 is 2. The van der Waals surface area contributed by atoms with Crippen LogP contribution in [0.25, 0.3) is 10.2 Å². The number of rotatable bonds is 14. The molecule has 0 aliphatic heterocycles. The van der Waals surface area contributed by atoms with Crippen LogP contribution < -0.4 is 9.64 Å². The van der Waals surface area contributed by atoms with Crippen molar-refractivity contribution in [3.8, 4) is 5.75 Å². The van der Waals surface area contributed by atoms with Crippen LogP contribution in [0.4, 0.5) is 5.13 Å². The Morgan fingerprint density at radius 1 is 1.00 bits per heavy atom. The highest BCUT2D eigenvalue weighted by molar-refractivity contribution is 7.89. The Hall–Kier alpha value is -3.42. The zero-order valence-electron chi connectivity index (χ0n) is 22.6. The maximum atomic E-state index is 13.8. The van der Waals surface area contributed by atoms with Crippen LogP contribution in [0.3, 0.4) is 0 Å². The zero-order chi connectivity index (χ0) is 28.5. The van der Waals surface area contributed by atoms with Gasteiger partial charge in [-0.1, -0.05) is 17.4 Å². The second-order valence-corrected chi connectivity index (χ2v) is 11.7. The van der Waals surface area contributed by atoms with Crippen LogP contribution in [0.1, 0.15) is 22.8 Å². The predicted octanol–water partition coefficient (Wildman–Crippen LogP) is 4.22. The van der Waals surface area contributed by atoms with Crippen LogP contribution in [0.15, 0.2) is 71.9 Å². The van der Waals surface area contributed by atoms with Gasteiger partial charge >= 0.3 is 0 Å². The molecule has 1 amide bonds. The summed E-state index contributed by atoms with van der Waals surface area (Å²) in [5, 5.41) is 0.513. The average molecular weight is 585 g/mol. The molecule has 2 aromatic carbocycles. The van der Waals surface area contributed by atoms with E-state index in [1.54, 1.807) is 17.3 Å². The number of fused-ring (bicyclic) bond motifs is 1. The third-order valence-corrected chi connectivity index (χ3v) is 8.98. The van der Waals surface area contributed by atoms with Crippen LogP contribution in [0.2, 0.25) is 0 Å². The molecule has 0 unspecified atom stereocenters. The Balaban J connectivity index is 1.65. The fourth-order valence-corrected chi connectivity index (χ4v) is 6.38. The van der Waals surface area contributed by atoms with Gasteiger partial charge < -0.3 is 14.2 Å². The maximum absolute atomic E-state index is 13.8. The predicted molar refractivity (Wildman–Crippen MR) is 154 cm³/mol. The molecule has 40 heavy (non-hydrogen) atoms. The van der Waals surface area contributed by atoms with Crippen molar-refractivity contribution in [1.29, 1.82) is 0 Å². The van der Waals surface area contributed by atoms with Crippen molar-refractivity contribution in [2.75, 3.05) is 52.0 Å². The van der Waals surface area contributed by atoms with Crippen molar-refractivity contribution in [3.63, 3.8) is 0 Å². The van der Waals surface area contributed by atoms with Crippen LogP contribution in [0, 0.1) is 0 Å². The number of benzene rings is 2. The number of nitrogens with zero attached hydrogens (tertiary/aromatic N) is 4. The van der Waals surface area contributed by atoms with Crippen molar-refractivity contribution >= 4 is 42.6 Å². The first-order chi connectivity index (χ1) is 19.4. The third kappa shape index (κ3) is 7.01. The molecule has 0 aliphatic rings. The van der Waals surface area contributed by atoms with E-state index < -0.39 is 10.0 Å². The first-order valence-electron chi connectivity index (χ1n) is 12.7. The van der Waals surface area contributed by atoms with Crippen molar-refractivity contribution in [2.24, 2.45) is 0 Å². The Morgan fingerprint density at radius 3 is 2.35 bits per heavy atom. The summed E-state index contributed by atoms with van der Waals surface area (Å²) in [4.78, 5) is 24.4. The van der Waals surface area contributed by atoms with E-state index in [-0.39, 0.29) is 43.7 Å².